The molecule has 2 aromatic carbocycles. The van der Waals surface area contributed by atoms with Crippen LogP contribution in [-0.2, 0) is 0 Å². The van der Waals surface area contributed by atoms with Gasteiger partial charge in [0.2, 0.25) is 0 Å². The van der Waals surface area contributed by atoms with Crippen molar-refractivity contribution in [3.05, 3.63) is 53.6 Å². The molecule has 0 bridgehead atoms. The van der Waals surface area contributed by atoms with Crippen LogP contribution < -0.4 is 5.73 Å². The highest BCUT2D eigenvalue weighted by atomic mass is 15.5. The first-order chi connectivity index (χ1) is 9.65. The maximum absolute atomic E-state index is 5.71. The summed E-state index contributed by atoms with van der Waals surface area (Å²) in [6, 6.07) is 13.7. The first kappa shape index (κ1) is 12.3. The van der Waals surface area contributed by atoms with Crippen LogP contribution in [0.4, 0.5) is 5.69 Å². The summed E-state index contributed by atoms with van der Waals surface area (Å²) in [5, 5.41) is 12.0. The third-order valence-corrected chi connectivity index (χ3v) is 3.22. The zero-order chi connectivity index (χ0) is 14.1. The van der Waals surface area contributed by atoms with E-state index in [9.17, 15) is 0 Å². The van der Waals surface area contributed by atoms with Crippen LogP contribution in [0.5, 0.6) is 0 Å². The van der Waals surface area contributed by atoms with Crippen LogP contribution in [0.3, 0.4) is 0 Å². The third-order valence-electron chi connectivity index (χ3n) is 3.22. The van der Waals surface area contributed by atoms with Gasteiger partial charge in [0.15, 0.2) is 5.82 Å². The van der Waals surface area contributed by atoms with Crippen molar-refractivity contribution in [2.24, 2.45) is 0 Å². The second kappa shape index (κ2) is 4.77. The molecular formula is C15H15N5. The lowest BCUT2D eigenvalue weighted by atomic mass is 10.1. The van der Waals surface area contributed by atoms with Gasteiger partial charge < -0.3 is 5.73 Å². The fourth-order valence-corrected chi connectivity index (χ4v) is 2.20. The fourth-order valence-electron chi connectivity index (χ4n) is 2.20. The molecule has 0 aliphatic heterocycles. The average molecular weight is 265 g/mol. The third kappa shape index (κ3) is 2.14. The highest BCUT2D eigenvalue weighted by Crippen LogP contribution is 2.22. The number of nitrogens with zero attached hydrogens (tertiary/aromatic N) is 4. The molecule has 5 heteroatoms. The number of nitrogens with two attached hydrogens (primary N) is 1. The van der Waals surface area contributed by atoms with Gasteiger partial charge in [0, 0.05) is 11.3 Å². The van der Waals surface area contributed by atoms with Crippen molar-refractivity contribution in [3.63, 3.8) is 0 Å². The highest BCUT2D eigenvalue weighted by molar-refractivity contribution is 5.61. The minimum atomic E-state index is 0.706. The SMILES string of the molecule is Cc1ccc(-n2nnnc2-c2ccc(N)cc2)c(C)c1. The van der Waals surface area contributed by atoms with E-state index in [1.165, 1.54) is 5.56 Å². The molecule has 1 aromatic heterocycles. The van der Waals surface area contributed by atoms with E-state index < -0.39 is 0 Å². The lowest BCUT2D eigenvalue weighted by molar-refractivity contribution is 0.787. The van der Waals surface area contributed by atoms with Crippen LogP contribution in [0.15, 0.2) is 42.5 Å². The van der Waals surface area contributed by atoms with Crippen molar-refractivity contribution in [2.45, 2.75) is 13.8 Å². The van der Waals surface area contributed by atoms with E-state index in [4.69, 9.17) is 5.73 Å². The van der Waals surface area contributed by atoms with Gasteiger partial charge in [0.1, 0.15) is 0 Å². The lowest BCUT2D eigenvalue weighted by Crippen LogP contribution is -2.02. The molecule has 2 N–H and O–H groups in total. The van der Waals surface area contributed by atoms with Gasteiger partial charge in [-0.25, -0.2) is 0 Å². The number of aromatic nitrogens is 4. The Balaban J connectivity index is 2.12. The first-order valence-electron chi connectivity index (χ1n) is 6.37. The van der Waals surface area contributed by atoms with Crippen LogP contribution in [0.1, 0.15) is 11.1 Å². The van der Waals surface area contributed by atoms with Crippen molar-refractivity contribution in [1.29, 1.82) is 0 Å². The van der Waals surface area contributed by atoms with Gasteiger partial charge in [0.05, 0.1) is 5.69 Å². The Bertz CT molecular complexity index is 743. The summed E-state index contributed by atoms with van der Waals surface area (Å²) in [4.78, 5) is 0. The standard InChI is InChI=1S/C15H15N5/c1-10-3-8-14(11(2)9-10)20-15(17-18-19-20)12-4-6-13(16)7-5-12/h3-9H,16H2,1-2H3. The number of tetrazole rings is 1. The molecule has 0 unspecified atom stereocenters. The summed E-state index contributed by atoms with van der Waals surface area (Å²) in [5.41, 5.74) is 10.7. The van der Waals surface area contributed by atoms with Crippen molar-refractivity contribution >= 4 is 5.69 Å². The average Bonchev–Trinajstić information content (AvgIpc) is 2.88. The summed E-state index contributed by atoms with van der Waals surface area (Å²) >= 11 is 0. The quantitative estimate of drug-likeness (QED) is 0.723. The monoisotopic (exact) mass is 265 g/mol. The summed E-state index contributed by atoms with van der Waals surface area (Å²) < 4.78 is 1.75. The summed E-state index contributed by atoms with van der Waals surface area (Å²) in [7, 11) is 0. The van der Waals surface area contributed by atoms with Crippen LogP contribution in [-0.4, -0.2) is 20.2 Å². The van der Waals surface area contributed by atoms with Crippen LogP contribution in [0.2, 0.25) is 0 Å². The molecule has 100 valence electrons. The zero-order valence-corrected chi connectivity index (χ0v) is 11.4. The molecule has 0 aliphatic rings. The van der Waals surface area contributed by atoms with E-state index in [-0.39, 0.29) is 0 Å². The first-order valence-corrected chi connectivity index (χ1v) is 6.37. The highest BCUT2D eigenvalue weighted by Gasteiger charge is 2.12. The van der Waals surface area contributed by atoms with Gasteiger partial charge in [-0.3, -0.25) is 0 Å². The molecule has 0 radical (unpaired) electrons. The largest absolute Gasteiger partial charge is 0.399 e. The Morgan fingerprint density at radius 1 is 1.00 bits per heavy atom. The van der Waals surface area contributed by atoms with Crippen LogP contribution in [0, 0.1) is 13.8 Å². The molecule has 0 spiro atoms. The number of rotatable bonds is 2. The van der Waals surface area contributed by atoms with E-state index in [1.54, 1.807) is 4.68 Å². The molecule has 0 saturated heterocycles. The van der Waals surface area contributed by atoms with Gasteiger partial charge in [-0.1, -0.05) is 17.7 Å². The van der Waals surface area contributed by atoms with E-state index in [0.717, 1.165) is 22.5 Å². The summed E-state index contributed by atoms with van der Waals surface area (Å²) in [5.74, 6) is 0.706. The van der Waals surface area contributed by atoms with Crippen molar-refractivity contribution < 1.29 is 0 Å². The van der Waals surface area contributed by atoms with Crippen molar-refractivity contribution in [1.82, 2.24) is 20.2 Å². The molecule has 20 heavy (non-hydrogen) atoms. The molecule has 0 amide bonds. The Morgan fingerprint density at radius 3 is 2.45 bits per heavy atom. The normalized spacial score (nSPS) is 10.7. The molecule has 3 rings (SSSR count). The number of nitrogen functional groups attached to an aromatic ring is 1. The summed E-state index contributed by atoms with van der Waals surface area (Å²) in [6.07, 6.45) is 0. The molecule has 5 nitrogen and oxygen atoms in total. The van der Waals surface area contributed by atoms with Gasteiger partial charge >= 0.3 is 0 Å². The second-order valence-corrected chi connectivity index (χ2v) is 4.83. The number of hydrogen-bond acceptors (Lipinski definition) is 4. The smallest absolute Gasteiger partial charge is 0.187 e. The number of benzene rings is 2. The van der Waals surface area contributed by atoms with Gasteiger partial charge in [0.25, 0.3) is 0 Å². The van der Waals surface area contributed by atoms with Crippen molar-refractivity contribution in [2.75, 3.05) is 5.73 Å². The predicted octanol–water partition coefficient (Wildman–Crippen LogP) is 2.53. The lowest BCUT2D eigenvalue weighted by Gasteiger charge is -2.08. The van der Waals surface area contributed by atoms with E-state index in [0.29, 0.717) is 5.82 Å². The molecule has 3 aromatic rings. The number of aryl methyl sites for hydroxylation is 2. The topological polar surface area (TPSA) is 69.6 Å². The van der Waals surface area contributed by atoms with Gasteiger partial charge in [-0.15, -0.1) is 5.10 Å². The van der Waals surface area contributed by atoms with Gasteiger partial charge in [-0.2, -0.15) is 4.68 Å². The second-order valence-electron chi connectivity index (χ2n) is 4.83. The molecule has 0 saturated carbocycles. The Kier molecular flexibility index (Phi) is 2.95. The van der Waals surface area contributed by atoms with Crippen molar-refractivity contribution in [3.8, 4) is 17.1 Å². The molecule has 0 atom stereocenters. The summed E-state index contributed by atoms with van der Waals surface area (Å²) in [6.45, 7) is 4.12. The maximum Gasteiger partial charge on any atom is 0.187 e. The predicted molar refractivity (Wildman–Crippen MR) is 78.5 cm³/mol. The van der Waals surface area contributed by atoms with E-state index in [2.05, 4.69) is 41.5 Å². The molecule has 0 fully saturated rings. The number of anilines is 1. The van der Waals surface area contributed by atoms with Crippen LogP contribution >= 0.6 is 0 Å². The minimum absolute atomic E-state index is 0.706. The Morgan fingerprint density at radius 2 is 1.75 bits per heavy atom. The zero-order valence-electron chi connectivity index (χ0n) is 11.4. The van der Waals surface area contributed by atoms with E-state index >= 15 is 0 Å². The fraction of sp³-hybridized carbons (Fsp3) is 0.133. The van der Waals surface area contributed by atoms with Crippen LogP contribution in [0.25, 0.3) is 17.1 Å². The maximum atomic E-state index is 5.71. The Labute approximate surface area is 117 Å². The Hall–Kier alpha value is -2.69. The molecular weight excluding hydrogens is 250 g/mol. The minimum Gasteiger partial charge on any atom is -0.399 e. The molecule has 1 heterocycles. The number of hydrogen-bond donors (Lipinski definition) is 1. The molecule has 0 aliphatic carbocycles. The van der Waals surface area contributed by atoms with E-state index in [1.807, 2.05) is 30.3 Å². The van der Waals surface area contributed by atoms with Gasteiger partial charge in [-0.05, 0) is 60.2 Å².